The minimum Gasteiger partial charge on any atom is -0.497 e. The number of hydrogen-bond acceptors (Lipinski definition) is 11. The number of pyridine rings is 1. The van der Waals surface area contributed by atoms with E-state index in [0.29, 0.717) is 68.9 Å². The van der Waals surface area contributed by atoms with Gasteiger partial charge < -0.3 is 39.8 Å². The molecule has 4 amide bonds. The van der Waals surface area contributed by atoms with Crippen LogP contribution in [0.3, 0.4) is 0 Å². The molecule has 3 aliphatic heterocycles. The van der Waals surface area contributed by atoms with Crippen LogP contribution in [0.1, 0.15) is 65.7 Å². The summed E-state index contributed by atoms with van der Waals surface area (Å²) in [6, 6.07) is 5.10. The van der Waals surface area contributed by atoms with E-state index in [1.807, 2.05) is 44.2 Å². The Morgan fingerprint density at radius 1 is 1.11 bits per heavy atom. The van der Waals surface area contributed by atoms with Crippen molar-refractivity contribution >= 4 is 50.4 Å². The van der Waals surface area contributed by atoms with Crippen LogP contribution in [0.25, 0.3) is 10.8 Å². The van der Waals surface area contributed by atoms with Crippen LogP contribution < -0.4 is 29.7 Å². The molecule has 5 aliphatic rings. The van der Waals surface area contributed by atoms with Crippen molar-refractivity contribution in [2.75, 3.05) is 44.9 Å². The Labute approximate surface area is 326 Å². The second-order valence-corrected chi connectivity index (χ2v) is 18.6. The number of ether oxygens (including phenoxy) is 3. The molecule has 2 aliphatic carbocycles. The van der Waals surface area contributed by atoms with E-state index in [-0.39, 0.29) is 31.2 Å². The second-order valence-electron chi connectivity index (χ2n) is 16.4. The summed E-state index contributed by atoms with van der Waals surface area (Å²) in [6.45, 7) is 7.67. The first-order valence-corrected chi connectivity index (χ1v) is 20.9. The van der Waals surface area contributed by atoms with Gasteiger partial charge in [-0.3, -0.25) is 19.1 Å². The van der Waals surface area contributed by atoms with Gasteiger partial charge in [0, 0.05) is 30.8 Å². The zero-order valence-corrected chi connectivity index (χ0v) is 33.1. The summed E-state index contributed by atoms with van der Waals surface area (Å²) < 4.78 is 45.3. The highest BCUT2D eigenvalue weighted by molar-refractivity contribution is 7.91. The van der Waals surface area contributed by atoms with Gasteiger partial charge in [0.2, 0.25) is 27.7 Å². The molecule has 7 rings (SSSR count). The second kappa shape index (κ2) is 15.4. The van der Waals surface area contributed by atoms with Gasteiger partial charge in [0.15, 0.2) is 0 Å². The van der Waals surface area contributed by atoms with Crippen molar-refractivity contribution in [1.82, 2.24) is 25.2 Å². The van der Waals surface area contributed by atoms with Gasteiger partial charge in [-0.2, -0.15) is 4.98 Å². The number of hydrogen-bond donors (Lipinski definition) is 4. The average Bonchev–Trinajstić information content (AvgIpc) is 4.05. The summed E-state index contributed by atoms with van der Waals surface area (Å²) in [6.07, 6.45) is 4.60. The van der Waals surface area contributed by atoms with Crippen LogP contribution in [0.2, 0.25) is 0 Å². The molecule has 0 unspecified atom stereocenters. The lowest BCUT2D eigenvalue weighted by Crippen LogP contribution is -2.59. The molecule has 0 bridgehead atoms. The smallest absolute Gasteiger partial charge is 0.405 e. The van der Waals surface area contributed by atoms with E-state index < -0.39 is 74.1 Å². The molecule has 2 saturated carbocycles. The van der Waals surface area contributed by atoms with Crippen LogP contribution in [0.15, 0.2) is 36.4 Å². The Morgan fingerprint density at radius 3 is 2.55 bits per heavy atom. The average molecular weight is 797 g/mol. The first kappa shape index (κ1) is 39.6. The summed E-state index contributed by atoms with van der Waals surface area (Å²) >= 11 is 0. The number of methoxy groups -OCH3 is 1. The highest BCUT2D eigenvalue weighted by Gasteiger charge is 2.63. The first-order valence-electron chi connectivity index (χ1n) is 19.5. The van der Waals surface area contributed by atoms with Crippen molar-refractivity contribution < 1.29 is 46.9 Å². The number of anilines is 1. The quantitative estimate of drug-likeness (QED) is 0.285. The molecule has 4 N–H and O–H groups in total. The summed E-state index contributed by atoms with van der Waals surface area (Å²) in [5.41, 5.74) is -1.55. The number of morpholine rings is 1. The van der Waals surface area contributed by atoms with Crippen molar-refractivity contribution in [3.8, 4) is 11.6 Å². The zero-order valence-electron chi connectivity index (χ0n) is 32.3. The maximum Gasteiger partial charge on any atom is 0.405 e. The fourth-order valence-corrected chi connectivity index (χ4v) is 9.56. The summed E-state index contributed by atoms with van der Waals surface area (Å²) in [5, 5.41) is 16.6. The monoisotopic (exact) mass is 796 g/mol. The van der Waals surface area contributed by atoms with Crippen LogP contribution in [0.4, 0.5) is 10.6 Å². The molecule has 4 heterocycles. The Bertz CT molecular complexity index is 2020. The molecule has 2 saturated heterocycles. The Morgan fingerprint density at radius 2 is 1.86 bits per heavy atom. The molecule has 17 heteroatoms. The van der Waals surface area contributed by atoms with E-state index in [1.54, 1.807) is 20.1 Å². The third-order valence-corrected chi connectivity index (χ3v) is 14.3. The first-order chi connectivity index (χ1) is 26.6. The fraction of sp³-hybridized carbons (Fsp3) is 0.615. The van der Waals surface area contributed by atoms with Crippen LogP contribution >= 0.6 is 0 Å². The predicted octanol–water partition coefficient (Wildman–Crippen LogP) is 2.95. The molecule has 1 aromatic heterocycles. The predicted molar refractivity (Wildman–Crippen MR) is 206 cm³/mol. The van der Waals surface area contributed by atoms with Gasteiger partial charge in [-0.15, -0.1) is 0 Å². The Hall–Kier alpha value is -4.64. The maximum atomic E-state index is 14.6. The van der Waals surface area contributed by atoms with E-state index >= 15 is 0 Å². The maximum absolute atomic E-state index is 14.6. The molecule has 16 nitrogen and oxygen atoms in total. The number of benzene rings is 1. The number of sulfonamides is 1. The molecule has 0 radical (unpaired) electrons. The van der Waals surface area contributed by atoms with E-state index in [0.717, 1.165) is 11.8 Å². The Balaban J connectivity index is 1.23. The topological polar surface area (TPSA) is 206 Å². The van der Waals surface area contributed by atoms with Crippen molar-refractivity contribution in [1.29, 1.82) is 0 Å². The van der Waals surface area contributed by atoms with E-state index in [9.17, 15) is 32.7 Å². The van der Waals surface area contributed by atoms with Gasteiger partial charge in [0.05, 0.1) is 31.6 Å². The number of nitrogens with one attached hydrogen (secondary N) is 3. The largest absolute Gasteiger partial charge is 0.497 e. The van der Waals surface area contributed by atoms with Crippen LogP contribution in [-0.4, -0.2) is 116 Å². The van der Waals surface area contributed by atoms with Crippen molar-refractivity contribution in [2.24, 2.45) is 17.8 Å². The number of allylic oxidation sites excluding steroid dienone is 1. The summed E-state index contributed by atoms with van der Waals surface area (Å²) in [7, 11) is -2.43. The van der Waals surface area contributed by atoms with Crippen molar-refractivity contribution in [3.05, 3.63) is 36.4 Å². The van der Waals surface area contributed by atoms with E-state index in [4.69, 9.17) is 19.2 Å². The molecule has 304 valence electrons. The molecule has 0 spiro atoms. The number of nitrogens with zero attached hydrogens (tertiary/aromatic N) is 3. The standard InChI is InChI=1S/C39H52N6O10S/c1-23-7-5-6-8-26-21-39(26,36(48)43-56(51,52)38(3)11-12-38)42-33(46)30-20-28(22-45(30)35(47)32(24(2)17-23)41-37(49)50)55-34-29-10-9-27(53-4)18-25(29)19-31(40-34)44-13-15-54-16-14-44/h6,8-10,18-19,23-24,26,28,30,32,41H,5,7,11-17,20-22H2,1-4H3,(H,42,46)(H,43,48)(H,49,50)/b8-6-/t23-,24+,26+,28+,30-,32-,39+/m0/s1. The minimum atomic E-state index is -4.01. The van der Waals surface area contributed by atoms with Gasteiger partial charge in [0.25, 0.3) is 5.91 Å². The normalized spacial score (nSPS) is 31.1. The van der Waals surface area contributed by atoms with Crippen LogP contribution in [0, 0.1) is 17.8 Å². The lowest BCUT2D eigenvalue weighted by molar-refractivity contribution is -0.142. The zero-order chi connectivity index (χ0) is 40.0. The van der Waals surface area contributed by atoms with Crippen LogP contribution in [-0.2, 0) is 29.1 Å². The molecular formula is C39H52N6O10S. The number of rotatable bonds is 8. The van der Waals surface area contributed by atoms with Crippen molar-refractivity contribution in [2.45, 2.75) is 94.2 Å². The SMILES string of the molecule is COc1ccc2c(O[C@@H]3C[C@H]4C(=O)N[C@]5(C(=O)NS(=O)(=O)C6(C)CC6)C[C@H]5/C=C\CC[C@H](C)C[C@@H](C)[C@H](NC(=O)O)C(=O)N4C3)nc(N3CCOCC3)cc2c1. The van der Waals surface area contributed by atoms with Gasteiger partial charge in [-0.25, -0.2) is 13.2 Å². The Kier molecular flexibility index (Phi) is 10.9. The van der Waals surface area contributed by atoms with Crippen molar-refractivity contribution in [3.63, 3.8) is 0 Å². The number of carbonyl (C=O) groups is 4. The highest BCUT2D eigenvalue weighted by atomic mass is 32.2. The molecule has 4 fully saturated rings. The van der Waals surface area contributed by atoms with Gasteiger partial charge >= 0.3 is 6.09 Å². The third kappa shape index (κ3) is 7.97. The molecule has 7 atom stereocenters. The number of aromatic nitrogens is 1. The lowest BCUT2D eigenvalue weighted by atomic mass is 9.88. The number of carboxylic acid groups (broad SMARTS) is 1. The fourth-order valence-electron chi connectivity index (χ4n) is 8.25. The number of fused-ring (bicyclic) bond motifs is 3. The van der Waals surface area contributed by atoms with Crippen LogP contribution in [0.5, 0.6) is 11.6 Å². The molecule has 2 aromatic rings. The minimum absolute atomic E-state index is 0.00215. The number of amides is 4. The van der Waals surface area contributed by atoms with Gasteiger partial charge in [0.1, 0.15) is 35.3 Å². The third-order valence-electron chi connectivity index (χ3n) is 12.1. The van der Waals surface area contributed by atoms with Gasteiger partial charge in [-0.05, 0) is 86.9 Å². The molecule has 1 aromatic carbocycles. The summed E-state index contributed by atoms with van der Waals surface area (Å²) in [4.78, 5) is 63.4. The molecule has 56 heavy (non-hydrogen) atoms. The van der Waals surface area contributed by atoms with E-state index in [2.05, 4.69) is 20.3 Å². The van der Waals surface area contributed by atoms with E-state index in [1.165, 1.54) is 4.90 Å². The highest BCUT2D eigenvalue weighted by Crippen LogP contribution is 2.47. The van der Waals surface area contributed by atoms with Gasteiger partial charge in [-0.1, -0.05) is 26.0 Å². The molecular weight excluding hydrogens is 745 g/mol. The number of carbonyl (C=O) groups excluding carboxylic acids is 3. The summed E-state index contributed by atoms with van der Waals surface area (Å²) in [5.74, 6) is -1.26. The lowest BCUT2D eigenvalue weighted by Gasteiger charge is -2.32.